The van der Waals surface area contributed by atoms with Gasteiger partial charge in [-0.25, -0.2) is 0 Å². The number of nitrogens with zero attached hydrogens (tertiary/aromatic N) is 4. The Labute approximate surface area is 166 Å². The predicted octanol–water partition coefficient (Wildman–Crippen LogP) is 2.18. The molecular formula is C21H21N5O3. The summed E-state index contributed by atoms with van der Waals surface area (Å²) in [6.45, 7) is 2.59. The zero-order chi connectivity index (χ0) is 20.4. The average molecular weight is 391 g/mol. The number of methoxy groups -OCH3 is 1. The number of pyridine rings is 2. The molecule has 0 aliphatic rings. The molecule has 3 aromatic heterocycles. The van der Waals surface area contributed by atoms with Gasteiger partial charge in [0.25, 0.3) is 11.5 Å². The van der Waals surface area contributed by atoms with E-state index in [2.05, 4.69) is 15.5 Å². The van der Waals surface area contributed by atoms with E-state index >= 15 is 0 Å². The van der Waals surface area contributed by atoms with Gasteiger partial charge in [-0.05, 0) is 25.1 Å². The van der Waals surface area contributed by atoms with E-state index in [0.717, 1.165) is 0 Å². The molecule has 1 unspecified atom stereocenters. The smallest absolute Gasteiger partial charge is 0.258 e. The maximum atomic E-state index is 13.1. The number of fused-ring (bicyclic) bond motifs is 2. The number of rotatable bonds is 6. The zero-order valence-electron chi connectivity index (χ0n) is 16.2. The van der Waals surface area contributed by atoms with Crippen molar-refractivity contribution in [2.24, 2.45) is 0 Å². The molecule has 0 fully saturated rings. The fraction of sp³-hybridized carbons (Fsp3) is 0.238. The first-order chi connectivity index (χ1) is 14.1. The van der Waals surface area contributed by atoms with Gasteiger partial charge < -0.3 is 14.6 Å². The van der Waals surface area contributed by atoms with E-state index in [1.54, 1.807) is 31.5 Å². The number of aromatic nitrogens is 4. The van der Waals surface area contributed by atoms with Crippen LogP contribution in [0.15, 0.2) is 59.7 Å². The van der Waals surface area contributed by atoms with Crippen molar-refractivity contribution in [3.05, 3.63) is 76.6 Å². The van der Waals surface area contributed by atoms with Crippen LogP contribution >= 0.6 is 0 Å². The van der Waals surface area contributed by atoms with Crippen molar-refractivity contribution >= 4 is 22.3 Å². The third kappa shape index (κ3) is 3.50. The Morgan fingerprint density at radius 3 is 2.69 bits per heavy atom. The minimum absolute atomic E-state index is 0.148. The Hall–Kier alpha value is -3.52. The number of carbonyl (C=O) groups is 1. The van der Waals surface area contributed by atoms with Crippen LogP contribution in [0.25, 0.3) is 16.4 Å². The number of carbonyl (C=O) groups excluding carboxylic acids is 1. The van der Waals surface area contributed by atoms with Crippen LogP contribution in [0.3, 0.4) is 0 Å². The van der Waals surface area contributed by atoms with Gasteiger partial charge in [0, 0.05) is 36.8 Å². The number of nitrogens with one attached hydrogen (secondary N) is 1. The van der Waals surface area contributed by atoms with Gasteiger partial charge in [0.1, 0.15) is 0 Å². The average Bonchev–Trinajstić information content (AvgIpc) is 3.17. The van der Waals surface area contributed by atoms with Gasteiger partial charge in [0.15, 0.2) is 11.5 Å². The van der Waals surface area contributed by atoms with Crippen molar-refractivity contribution in [3.8, 4) is 0 Å². The van der Waals surface area contributed by atoms with Crippen LogP contribution in [0.5, 0.6) is 0 Å². The molecule has 0 aliphatic heterocycles. The Morgan fingerprint density at radius 2 is 1.90 bits per heavy atom. The summed E-state index contributed by atoms with van der Waals surface area (Å²) >= 11 is 0. The second-order valence-electron chi connectivity index (χ2n) is 6.76. The Bertz CT molecular complexity index is 1240. The first kappa shape index (κ1) is 18.8. The Balaban J connectivity index is 1.71. The lowest BCUT2D eigenvalue weighted by Crippen LogP contribution is -2.31. The summed E-state index contributed by atoms with van der Waals surface area (Å²) in [4.78, 5) is 25.8. The number of amides is 1. The molecule has 8 heteroatoms. The summed E-state index contributed by atoms with van der Waals surface area (Å²) in [7, 11) is 1.57. The highest BCUT2D eigenvalue weighted by atomic mass is 16.5. The van der Waals surface area contributed by atoms with Crippen molar-refractivity contribution in [1.29, 1.82) is 0 Å². The maximum Gasteiger partial charge on any atom is 0.258 e. The third-order valence-corrected chi connectivity index (χ3v) is 4.85. The predicted molar refractivity (Wildman–Crippen MR) is 109 cm³/mol. The van der Waals surface area contributed by atoms with Crippen LogP contribution in [0.4, 0.5) is 0 Å². The second kappa shape index (κ2) is 7.84. The van der Waals surface area contributed by atoms with Gasteiger partial charge >= 0.3 is 0 Å². The molecule has 1 aromatic carbocycles. The lowest BCUT2D eigenvalue weighted by molar-refractivity contribution is 0.0938. The van der Waals surface area contributed by atoms with Gasteiger partial charge in [-0.2, -0.15) is 0 Å². The molecule has 0 bridgehead atoms. The molecule has 0 radical (unpaired) electrons. The van der Waals surface area contributed by atoms with Gasteiger partial charge in [-0.1, -0.05) is 24.3 Å². The Kier molecular flexibility index (Phi) is 5.09. The molecular weight excluding hydrogens is 370 g/mol. The molecule has 148 valence electrons. The second-order valence-corrected chi connectivity index (χ2v) is 6.76. The molecule has 4 aromatic rings. The molecule has 8 nitrogen and oxygen atoms in total. The minimum Gasteiger partial charge on any atom is -0.383 e. The van der Waals surface area contributed by atoms with E-state index in [9.17, 15) is 9.59 Å². The third-order valence-electron chi connectivity index (χ3n) is 4.85. The van der Waals surface area contributed by atoms with Crippen LogP contribution in [0.1, 0.15) is 29.1 Å². The SMILES string of the molecule is COCCn1cc(C(=O)NC(C)c2nnc3ccccn23)c2ccccc2c1=O. The first-order valence-corrected chi connectivity index (χ1v) is 9.32. The first-order valence-electron chi connectivity index (χ1n) is 9.32. The summed E-state index contributed by atoms with van der Waals surface area (Å²) in [5.74, 6) is 0.346. The molecule has 0 saturated heterocycles. The monoisotopic (exact) mass is 391 g/mol. The summed E-state index contributed by atoms with van der Waals surface area (Å²) in [6, 6.07) is 12.4. The van der Waals surface area contributed by atoms with Gasteiger partial charge in [0.05, 0.1) is 18.2 Å². The minimum atomic E-state index is -0.377. The fourth-order valence-electron chi connectivity index (χ4n) is 3.37. The van der Waals surface area contributed by atoms with Gasteiger partial charge in [-0.3, -0.25) is 14.0 Å². The number of hydrogen-bond donors (Lipinski definition) is 1. The number of benzene rings is 1. The van der Waals surface area contributed by atoms with Gasteiger partial charge in [-0.15, -0.1) is 10.2 Å². The summed E-state index contributed by atoms with van der Waals surface area (Å²) in [5.41, 5.74) is 0.991. The summed E-state index contributed by atoms with van der Waals surface area (Å²) < 4.78 is 8.44. The van der Waals surface area contributed by atoms with E-state index < -0.39 is 0 Å². The highest BCUT2D eigenvalue weighted by Crippen LogP contribution is 2.18. The Morgan fingerprint density at radius 1 is 1.14 bits per heavy atom. The zero-order valence-corrected chi connectivity index (χ0v) is 16.2. The van der Waals surface area contributed by atoms with Crippen LogP contribution < -0.4 is 10.9 Å². The molecule has 4 rings (SSSR count). The molecule has 3 heterocycles. The quantitative estimate of drug-likeness (QED) is 0.544. The van der Waals surface area contributed by atoms with Crippen molar-refractivity contribution in [1.82, 2.24) is 24.5 Å². The molecule has 0 saturated carbocycles. The molecule has 0 spiro atoms. The van der Waals surface area contributed by atoms with E-state index in [4.69, 9.17) is 4.74 Å². The highest BCUT2D eigenvalue weighted by molar-refractivity contribution is 6.06. The standard InChI is InChI=1S/C21H21N5O3/c1-14(19-24-23-18-9-5-6-10-26(18)19)22-20(27)17-13-25(11-12-29-2)21(28)16-8-4-3-7-15(16)17/h3-10,13-14H,11-12H2,1-2H3,(H,22,27). The number of hydrogen-bond acceptors (Lipinski definition) is 5. The van der Waals surface area contributed by atoms with Crippen LogP contribution in [-0.4, -0.2) is 38.8 Å². The normalized spacial score (nSPS) is 12.3. The van der Waals surface area contributed by atoms with Crippen LogP contribution in [0.2, 0.25) is 0 Å². The van der Waals surface area contributed by atoms with Crippen molar-refractivity contribution in [2.45, 2.75) is 19.5 Å². The summed E-state index contributed by atoms with van der Waals surface area (Å²) in [6.07, 6.45) is 3.45. The van der Waals surface area contributed by atoms with E-state index in [-0.39, 0.29) is 17.5 Å². The van der Waals surface area contributed by atoms with Crippen LogP contribution in [-0.2, 0) is 11.3 Å². The van der Waals surface area contributed by atoms with Gasteiger partial charge in [0.2, 0.25) is 0 Å². The maximum absolute atomic E-state index is 13.1. The van der Waals surface area contributed by atoms with E-state index in [1.165, 1.54) is 4.57 Å². The van der Waals surface area contributed by atoms with E-state index in [1.807, 2.05) is 41.8 Å². The highest BCUT2D eigenvalue weighted by Gasteiger charge is 2.19. The summed E-state index contributed by atoms with van der Waals surface area (Å²) in [5, 5.41) is 12.4. The van der Waals surface area contributed by atoms with Crippen molar-refractivity contribution in [3.63, 3.8) is 0 Å². The molecule has 29 heavy (non-hydrogen) atoms. The number of ether oxygens (including phenoxy) is 1. The molecule has 1 atom stereocenters. The largest absolute Gasteiger partial charge is 0.383 e. The van der Waals surface area contributed by atoms with Crippen molar-refractivity contribution in [2.75, 3.05) is 13.7 Å². The lowest BCUT2D eigenvalue weighted by atomic mass is 10.1. The topological polar surface area (TPSA) is 90.5 Å². The molecule has 0 aliphatic carbocycles. The van der Waals surface area contributed by atoms with Crippen LogP contribution in [0, 0.1) is 0 Å². The lowest BCUT2D eigenvalue weighted by Gasteiger charge is -2.15. The fourth-order valence-corrected chi connectivity index (χ4v) is 3.37. The molecule has 1 N–H and O–H groups in total. The van der Waals surface area contributed by atoms with E-state index in [0.29, 0.717) is 41.0 Å². The van der Waals surface area contributed by atoms with Crippen molar-refractivity contribution < 1.29 is 9.53 Å². The molecule has 1 amide bonds.